The molecule has 0 atom stereocenters. The Morgan fingerprint density at radius 2 is 1.29 bits per heavy atom. The quantitative estimate of drug-likeness (QED) is 0.643. The van der Waals surface area contributed by atoms with E-state index in [0.717, 1.165) is 11.1 Å². The fourth-order valence-electron chi connectivity index (χ4n) is 2.48. The highest BCUT2D eigenvalue weighted by molar-refractivity contribution is 6.16. The van der Waals surface area contributed by atoms with E-state index < -0.39 is 0 Å². The molecule has 0 aliphatic heterocycles. The molecule has 0 fully saturated rings. The number of rotatable bonds is 0. The van der Waals surface area contributed by atoms with Crippen molar-refractivity contribution in [1.82, 2.24) is 0 Å². The first-order valence-electron chi connectivity index (χ1n) is 6.23. The first-order chi connectivity index (χ1) is 7.58. The maximum absolute atomic E-state index is 10.7. The van der Waals surface area contributed by atoms with Gasteiger partial charge in [-0.3, -0.25) is 4.79 Å². The van der Waals surface area contributed by atoms with Gasteiger partial charge in [-0.25, -0.2) is 0 Å². The molecule has 0 heterocycles. The number of ketones is 1. The van der Waals surface area contributed by atoms with E-state index in [9.17, 15) is 4.79 Å². The van der Waals surface area contributed by atoms with Gasteiger partial charge in [0.2, 0.25) is 0 Å². The molecule has 2 aliphatic rings. The highest BCUT2D eigenvalue weighted by Crippen LogP contribution is 2.31. The van der Waals surface area contributed by atoms with Crippen LogP contribution in [-0.2, 0) is 0 Å². The van der Waals surface area contributed by atoms with Gasteiger partial charge in [-0.1, -0.05) is 59.7 Å². The van der Waals surface area contributed by atoms with Gasteiger partial charge in [-0.2, -0.15) is 0 Å². The molecule has 17 heavy (non-hydrogen) atoms. The normalized spacial score (nSPS) is 13.6. The molecule has 0 saturated carbocycles. The van der Waals surface area contributed by atoms with E-state index in [-0.39, 0.29) is 5.78 Å². The molecule has 3 rings (SSSR count). The lowest BCUT2D eigenvalue weighted by atomic mass is 9.78. The van der Waals surface area contributed by atoms with E-state index >= 15 is 0 Å². The van der Waals surface area contributed by atoms with Crippen LogP contribution in [0.5, 0.6) is 0 Å². The van der Waals surface area contributed by atoms with E-state index in [1.807, 2.05) is 24.3 Å². The molecule has 1 aromatic rings. The molecule has 94 valence electrons. The minimum absolute atomic E-state index is 0.201. The smallest absolute Gasteiger partial charge is 0.193 e. The van der Waals surface area contributed by atoms with Gasteiger partial charge in [-0.05, 0) is 23.3 Å². The molecular weight excluding hydrogens is 208 g/mol. The van der Waals surface area contributed by atoms with E-state index in [0.29, 0.717) is 10.8 Å². The van der Waals surface area contributed by atoms with Crippen molar-refractivity contribution in [2.75, 3.05) is 0 Å². The Morgan fingerprint density at radius 3 is 1.41 bits per heavy atom. The molecule has 2 bridgehead atoms. The van der Waals surface area contributed by atoms with Crippen LogP contribution in [-0.4, -0.2) is 5.78 Å². The molecule has 0 saturated heterocycles. The monoisotopic (exact) mass is 232 g/mol. The summed E-state index contributed by atoms with van der Waals surface area (Å²) in [6.07, 6.45) is 1.29. The van der Waals surface area contributed by atoms with Gasteiger partial charge in [0.25, 0.3) is 0 Å². The largest absolute Gasteiger partial charge is 0.289 e. The van der Waals surface area contributed by atoms with E-state index in [1.165, 1.54) is 6.42 Å². The number of carbonyl (C=O) groups is 1. The van der Waals surface area contributed by atoms with Crippen LogP contribution in [0, 0.1) is 10.8 Å². The third kappa shape index (κ3) is 4.72. The summed E-state index contributed by atoms with van der Waals surface area (Å²) in [5, 5.41) is 0. The summed E-state index contributed by atoms with van der Waals surface area (Å²) in [4.78, 5) is 10.7. The lowest BCUT2D eigenvalue weighted by molar-refractivity contribution is 0.102. The van der Waals surface area contributed by atoms with Gasteiger partial charge in [0.1, 0.15) is 0 Å². The molecule has 1 heteroatoms. The second-order valence-electron chi connectivity index (χ2n) is 7.21. The van der Waals surface area contributed by atoms with E-state index in [4.69, 9.17) is 0 Å². The Labute approximate surface area is 105 Å². The maximum atomic E-state index is 10.7. The molecule has 0 N–H and O–H groups in total. The van der Waals surface area contributed by atoms with Gasteiger partial charge < -0.3 is 0 Å². The van der Waals surface area contributed by atoms with E-state index in [1.54, 1.807) is 0 Å². The summed E-state index contributed by atoms with van der Waals surface area (Å²) in [7, 11) is 0. The second-order valence-corrected chi connectivity index (χ2v) is 7.21. The minimum Gasteiger partial charge on any atom is -0.289 e. The molecule has 0 aromatic heterocycles. The van der Waals surface area contributed by atoms with Crippen molar-refractivity contribution in [2.45, 2.75) is 48.0 Å². The molecule has 1 aromatic carbocycles. The third-order valence-corrected chi connectivity index (χ3v) is 2.45. The average molecular weight is 232 g/mol. The van der Waals surface area contributed by atoms with Crippen molar-refractivity contribution >= 4 is 5.78 Å². The summed E-state index contributed by atoms with van der Waals surface area (Å²) >= 11 is 0. The zero-order valence-corrected chi connectivity index (χ0v) is 11.9. The van der Waals surface area contributed by atoms with Crippen LogP contribution in [0.1, 0.15) is 63.9 Å². The number of fused-ring (bicyclic) bond motifs is 2. The van der Waals surface area contributed by atoms with Crippen molar-refractivity contribution in [1.29, 1.82) is 0 Å². The Balaban J connectivity index is 0.000000170. The van der Waals surface area contributed by atoms with E-state index in [2.05, 4.69) is 41.5 Å². The first-order valence-corrected chi connectivity index (χ1v) is 6.23. The van der Waals surface area contributed by atoms with Gasteiger partial charge in [0.05, 0.1) is 0 Å². The SMILES string of the molecule is CC(C)(C)CC(C)(C)C.O=C1c2cccc1c2. The summed E-state index contributed by atoms with van der Waals surface area (Å²) in [6, 6.07) is 7.44. The van der Waals surface area contributed by atoms with Crippen molar-refractivity contribution in [3.8, 4) is 0 Å². The Kier molecular flexibility index (Phi) is 3.81. The van der Waals surface area contributed by atoms with Crippen molar-refractivity contribution < 1.29 is 4.79 Å². The number of hydrogen-bond donors (Lipinski definition) is 0. The Hall–Kier alpha value is -1.11. The predicted octanol–water partition coefficient (Wildman–Crippen LogP) is 4.70. The fraction of sp³-hybridized carbons (Fsp3) is 0.562. The zero-order chi connectivity index (χ0) is 13.3. The number of carbonyl (C=O) groups excluding carboxylic acids is 1. The molecule has 0 spiro atoms. The highest BCUT2D eigenvalue weighted by Gasteiger charge is 2.20. The van der Waals surface area contributed by atoms with Gasteiger partial charge in [0.15, 0.2) is 5.78 Å². The summed E-state index contributed by atoms with van der Waals surface area (Å²) in [5.41, 5.74) is 2.67. The van der Waals surface area contributed by atoms with Gasteiger partial charge >= 0.3 is 0 Å². The van der Waals surface area contributed by atoms with Crippen LogP contribution < -0.4 is 0 Å². The van der Waals surface area contributed by atoms with Crippen molar-refractivity contribution in [2.24, 2.45) is 10.8 Å². The minimum atomic E-state index is 0.201. The highest BCUT2D eigenvalue weighted by atomic mass is 16.1. The Morgan fingerprint density at radius 1 is 0.882 bits per heavy atom. The first kappa shape index (κ1) is 14.0. The lowest BCUT2D eigenvalue weighted by Crippen LogP contribution is -2.16. The van der Waals surface area contributed by atoms with Crippen LogP contribution in [0.3, 0.4) is 0 Å². The van der Waals surface area contributed by atoms with Crippen LogP contribution in [0.25, 0.3) is 0 Å². The van der Waals surface area contributed by atoms with Crippen LogP contribution in [0.15, 0.2) is 24.3 Å². The van der Waals surface area contributed by atoms with Crippen LogP contribution in [0.2, 0.25) is 0 Å². The lowest BCUT2D eigenvalue weighted by Gasteiger charge is -2.28. The third-order valence-electron chi connectivity index (χ3n) is 2.45. The molecular formula is C16H24O. The van der Waals surface area contributed by atoms with Crippen LogP contribution in [0.4, 0.5) is 0 Å². The molecule has 0 radical (unpaired) electrons. The van der Waals surface area contributed by atoms with Crippen molar-refractivity contribution in [3.05, 3.63) is 35.4 Å². The van der Waals surface area contributed by atoms with Crippen molar-refractivity contribution in [3.63, 3.8) is 0 Å². The summed E-state index contributed by atoms with van der Waals surface area (Å²) in [6.45, 7) is 13.7. The molecule has 0 amide bonds. The molecule has 0 unspecified atom stereocenters. The average Bonchev–Trinajstić information content (AvgIpc) is 2.13. The fourth-order valence-corrected chi connectivity index (χ4v) is 2.48. The standard InChI is InChI=1S/C9H20.C7H4O/c1-8(2,3)7-9(4,5)6;8-7-5-2-1-3-6(7)4-5/h7H2,1-6H3;1-4H. The topological polar surface area (TPSA) is 17.1 Å². The summed E-state index contributed by atoms with van der Waals surface area (Å²) < 4.78 is 0. The molecule has 2 aliphatic carbocycles. The van der Waals surface area contributed by atoms with Gasteiger partial charge in [-0.15, -0.1) is 0 Å². The van der Waals surface area contributed by atoms with Crippen LogP contribution >= 0.6 is 0 Å². The predicted molar refractivity (Wildman–Crippen MR) is 73.4 cm³/mol. The zero-order valence-electron chi connectivity index (χ0n) is 11.9. The number of hydrogen-bond acceptors (Lipinski definition) is 1. The Bertz CT molecular complexity index is 362. The molecule has 1 nitrogen and oxygen atoms in total. The van der Waals surface area contributed by atoms with Gasteiger partial charge in [0, 0.05) is 11.1 Å². The maximum Gasteiger partial charge on any atom is 0.193 e. The summed E-state index contributed by atoms with van der Waals surface area (Å²) in [5.74, 6) is 0.201. The number of benzene rings is 1. The second kappa shape index (κ2) is 4.64.